The zero-order chi connectivity index (χ0) is 12.5. The Morgan fingerprint density at radius 1 is 1.06 bits per heavy atom. The lowest BCUT2D eigenvalue weighted by Gasteiger charge is -1.98. The van der Waals surface area contributed by atoms with Crippen LogP contribution in [0.5, 0.6) is 0 Å². The van der Waals surface area contributed by atoms with E-state index in [0.717, 1.165) is 21.4 Å². The number of nitrogens with zero attached hydrogens (tertiary/aromatic N) is 1. The predicted octanol–water partition coefficient (Wildman–Crippen LogP) is 3.52. The number of halogens is 1. The van der Waals surface area contributed by atoms with E-state index in [1.165, 1.54) is 0 Å². The maximum absolute atomic E-state index is 11.9. The molecular formula is C14H9BrN2O. The number of benzene rings is 2. The Bertz CT molecular complexity index is 664. The highest BCUT2D eigenvalue weighted by atomic mass is 79.9. The Balaban J connectivity index is 2.10. The van der Waals surface area contributed by atoms with Crippen LogP contribution >= 0.6 is 15.9 Å². The van der Waals surface area contributed by atoms with Crippen molar-refractivity contribution < 1.29 is 4.79 Å². The summed E-state index contributed by atoms with van der Waals surface area (Å²) in [6, 6.07) is 15.1. The van der Waals surface area contributed by atoms with Gasteiger partial charge in [-0.2, -0.15) is 0 Å². The molecule has 88 valence electrons. The molecule has 2 aromatic carbocycles. The van der Waals surface area contributed by atoms with Crippen molar-refractivity contribution in [3.8, 4) is 0 Å². The molecule has 0 fully saturated rings. The lowest BCUT2D eigenvalue weighted by atomic mass is 10.1. The number of aliphatic imine (C=N–C) groups is 1. The quantitative estimate of drug-likeness (QED) is 0.860. The van der Waals surface area contributed by atoms with Crippen LogP contribution in [0.25, 0.3) is 0 Å². The highest BCUT2D eigenvalue weighted by molar-refractivity contribution is 9.10. The second kappa shape index (κ2) is 4.38. The molecule has 18 heavy (non-hydrogen) atoms. The van der Waals surface area contributed by atoms with Gasteiger partial charge < -0.3 is 5.32 Å². The van der Waals surface area contributed by atoms with Gasteiger partial charge in [-0.15, -0.1) is 0 Å². The van der Waals surface area contributed by atoms with Gasteiger partial charge in [-0.25, -0.2) is 4.99 Å². The first-order chi connectivity index (χ1) is 8.74. The van der Waals surface area contributed by atoms with Crippen molar-refractivity contribution in [3.05, 3.63) is 58.6 Å². The number of hydrogen-bond donors (Lipinski definition) is 1. The van der Waals surface area contributed by atoms with Crippen molar-refractivity contribution in [1.82, 2.24) is 0 Å². The molecule has 0 unspecified atom stereocenters. The zero-order valence-electron chi connectivity index (χ0n) is 9.35. The van der Waals surface area contributed by atoms with Gasteiger partial charge in [0, 0.05) is 10.0 Å². The molecule has 4 heteroatoms. The highest BCUT2D eigenvalue weighted by Gasteiger charge is 2.25. The molecule has 0 aromatic heterocycles. The summed E-state index contributed by atoms with van der Waals surface area (Å²) in [6.45, 7) is 0. The standard InChI is InChI=1S/C14H9BrN2O/c15-9-4-3-5-10(8-9)16-13-11-6-1-2-7-12(11)17-14(13)18/h1-8H,(H,16,17,18). The van der Waals surface area contributed by atoms with E-state index in [-0.39, 0.29) is 5.91 Å². The lowest BCUT2D eigenvalue weighted by molar-refractivity contribution is -0.110. The topological polar surface area (TPSA) is 41.5 Å². The third-order valence-corrected chi connectivity index (χ3v) is 3.19. The first kappa shape index (κ1) is 11.2. The van der Waals surface area contributed by atoms with Crippen LogP contribution in [0.4, 0.5) is 11.4 Å². The van der Waals surface area contributed by atoms with E-state index in [9.17, 15) is 4.79 Å². The monoisotopic (exact) mass is 300 g/mol. The van der Waals surface area contributed by atoms with Gasteiger partial charge in [0.05, 0.1) is 11.4 Å². The second-order valence-electron chi connectivity index (χ2n) is 3.94. The minimum atomic E-state index is -0.156. The minimum Gasteiger partial charge on any atom is -0.320 e. The molecule has 3 nitrogen and oxygen atoms in total. The molecule has 0 atom stereocenters. The Morgan fingerprint density at radius 3 is 2.72 bits per heavy atom. The number of para-hydroxylation sites is 1. The van der Waals surface area contributed by atoms with Crippen LogP contribution < -0.4 is 5.32 Å². The molecule has 0 aliphatic carbocycles. The fourth-order valence-corrected chi connectivity index (χ4v) is 2.28. The van der Waals surface area contributed by atoms with E-state index in [0.29, 0.717) is 5.71 Å². The van der Waals surface area contributed by atoms with Gasteiger partial charge in [-0.1, -0.05) is 40.2 Å². The summed E-state index contributed by atoms with van der Waals surface area (Å²) in [7, 11) is 0. The lowest BCUT2D eigenvalue weighted by Crippen LogP contribution is -2.13. The van der Waals surface area contributed by atoms with Crippen molar-refractivity contribution in [2.75, 3.05) is 5.32 Å². The fraction of sp³-hybridized carbons (Fsp3) is 0. The van der Waals surface area contributed by atoms with Crippen molar-refractivity contribution in [1.29, 1.82) is 0 Å². The van der Waals surface area contributed by atoms with Gasteiger partial charge >= 0.3 is 0 Å². The van der Waals surface area contributed by atoms with E-state index in [4.69, 9.17) is 0 Å². The Morgan fingerprint density at radius 2 is 1.89 bits per heavy atom. The average Bonchev–Trinajstić information content (AvgIpc) is 2.66. The molecule has 1 aliphatic heterocycles. The van der Waals surface area contributed by atoms with Crippen LogP contribution in [0.2, 0.25) is 0 Å². The summed E-state index contributed by atoms with van der Waals surface area (Å²) >= 11 is 3.39. The maximum atomic E-state index is 11.9. The molecule has 1 amide bonds. The molecule has 1 N–H and O–H groups in total. The summed E-state index contributed by atoms with van der Waals surface area (Å²) < 4.78 is 0.941. The number of carbonyl (C=O) groups is 1. The summed E-state index contributed by atoms with van der Waals surface area (Å²) in [5.41, 5.74) is 2.88. The van der Waals surface area contributed by atoms with Crippen LogP contribution in [0, 0.1) is 0 Å². The molecule has 0 saturated carbocycles. The smallest absolute Gasteiger partial charge is 0.275 e. The van der Waals surface area contributed by atoms with Gasteiger partial charge in [0.15, 0.2) is 0 Å². The molecular weight excluding hydrogens is 292 g/mol. The summed E-state index contributed by atoms with van der Waals surface area (Å²) in [6.07, 6.45) is 0. The summed E-state index contributed by atoms with van der Waals surface area (Å²) in [5, 5.41) is 2.80. The largest absolute Gasteiger partial charge is 0.320 e. The maximum Gasteiger partial charge on any atom is 0.275 e. The number of rotatable bonds is 1. The molecule has 1 aliphatic rings. The van der Waals surface area contributed by atoms with Crippen molar-refractivity contribution in [3.63, 3.8) is 0 Å². The summed E-state index contributed by atoms with van der Waals surface area (Å²) in [5.74, 6) is -0.156. The Hall–Kier alpha value is -1.94. The van der Waals surface area contributed by atoms with Gasteiger partial charge in [0.2, 0.25) is 0 Å². The number of amides is 1. The third-order valence-electron chi connectivity index (χ3n) is 2.69. The van der Waals surface area contributed by atoms with Gasteiger partial charge in [-0.3, -0.25) is 4.79 Å². The van der Waals surface area contributed by atoms with Gasteiger partial charge in [0.25, 0.3) is 5.91 Å². The number of anilines is 1. The van der Waals surface area contributed by atoms with Gasteiger partial charge in [-0.05, 0) is 24.3 Å². The SMILES string of the molecule is O=C1Nc2ccccc2C1=Nc1cccc(Br)c1. The van der Waals surface area contributed by atoms with Crippen LogP contribution in [-0.4, -0.2) is 11.6 Å². The molecule has 1 heterocycles. The molecule has 0 spiro atoms. The Kier molecular flexibility index (Phi) is 2.72. The molecule has 0 bridgehead atoms. The van der Waals surface area contributed by atoms with Crippen LogP contribution in [-0.2, 0) is 4.79 Å². The number of hydrogen-bond acceptors (Lipinski definition) is 2. The minimum absolute atomic E-state index is 0.156. The van der Waals surface area contributed by atoms with Gasteiger partial charge in [0.1, 0.15) is 5.71 Å². The van der Waals surface area contributed by atoms with Crippen LogP contribution in [0.3, 0.4) is 0 Å². The van der Waals surface area contributed by atoms with Crippen molar-refractivity contribution in [2.24, 2.45) is 4.99 Å². The number of fused-ring (bicyclic) bond motifs is 1. The first-order valence-electron chi connectivity index (χ1n) is 5.49. The van der Waals surface area contributed by atoms with E-state index in [2.05, 4.69) is 26.2 Å². The second-order valence-corrected chi connectivity index (χ2v) is 4.86. The van der Waals surface area contributed by atoms with E-state index >= 15 is 0 Å². The molecule has 0 saturated heterocycles. The van der Waals surface area contributed by atoms with E-state index in [1.807, 2.05) is 48.5 Å². The van der Waals surface area contributed by atoms with Crippen molar-refractivity contribution >= 4 is 38.9 Å². The summed E-state index contributed by atoms with van der Waals surface area (Å²) in [4.78, 5) is 16.3. The van der Waals surface area contributed by atoms with E-state index < -0.39 is 0 Å². The number of carbonyl (C=O) groups excluding carboxylic acids is 1. The first-order valence-corrected chi connectivity index (χ1v) is 6.28. The number of nitrogens with one attached hydrogen (secondary N) is 1. The fourth-order valence-electron chi connectivity index (χ4n) is 1.89. The molecule has 0 radical (unpaired) electrons. The van der Waals surface area contributed by atoms with E-state index in [1.54, 1.807) is 0 Å². The zero-order valence-corrected chi connectivity index (χ0v) is 10.9. The average molecular weight is 301 g/mol. The molecule has 2 aromatic rings. The Labute approximate surface area is 113 Å². The van der Waals surface area contributed by atoms with Crippen molar-refractivity contribution in [2.45, 2.75) is 0 Å². The third kappa shape index (κ3) is 1.95. The highest BCUT2D eigenvalue weighted by Crippen LogP contribution is 2.26. The normalized spacial score (nSPS) is 15.6. The predicted molar refractivity (Wildman–Crippen MR) is 75.4 cm³/mol. The van der Waals surface area contributed by atoms with Crippen LogP contribution in [0.15, 0.2) is 58.0 Å². The molecule has 3 rings (SSSR count). The van der Waals surface area contributed by atoms with Crippen LogP contribution in [0.1, 0.15) is 5.56 Å².